The van der Waals surface area contributed by atoms with E-state index in [2.05, 4.69) is 25.0 Å². The normalized spacial score (nSPS) is 11.4. The molecule has 11 heteroatoms. The second-order valence-electron chi connectivity index (χ2n) is 7.51. The molecule has 0 bridgehead atoms. The number of amides is 1. The van der Waals surface area contributed by atoms with Crippen molar-refractivity contribution in [2.45, 2.75) is 18.2 Å². The fraction of sp³-hybridized carbons (Fsp3) is 0.217. The predicted octanol–water partition coefficient (Wildman–Crippen LogP) is 3.69. The topological polar surface area (TPSA) is 117 Å². The van der Waals surface area contributed by atoms with Crippen LogP contribution in [0.2, 0.25) is 5.02 Å². The SMILES string of the molecule is CCNc1ncc(-c2ccc(NC(=O)Cc3ccccc3Cl)cc2S(=O)(=O)N=CN(C)C)cn1. The Morgan fingerprint density at radius 1 is 1.15 bits per heavy atom. The third-order valence-corrected chi connectivity index (χ3v) is 6.20. The highest BCUT2D eigenvalue weighted by Crippen LogP contribution is 2.31. The molecule has 1 amide bonds. The summed E-state index contributed by atoms with van der Waals surface area (Å²) in [5.41, 5.74) is 1.83. The second kappa shape index (κ2) is 11.1. The van der Waals surface area contributed by atoms with Crippen LogP contribution in [0.5, 0.6) is 0 Å². The molecule has 1 aromatic heterocycles. The predicted molar refractivity (Wildman–Crippen MR) is 135 cm³/mol. The van der Waals surface area contributed by atoms with E-state index in [1.165, 1.54) is 29.7 Å². The van der Waals surface area contributed by atoms with Gasteiger partial charge in [0.2, 0.25) is 11.9 Å². The Labute approximate surface area is 204 Å². The van der Waals surface area contributed by atoms with Gasteiger partial charge < -0.3 is 15.5 Å². The molecule has 3 aromatic rings. The van der Waals surface area contributed by atoms with Gasteiger partial charge in [0, 0.05) is 54.9 Å². The molecule has 0 fully saturated rings. The zero-order chi connectivity index (χ0) is 24.7. The van der Waals surface area contributed by atoms with E-state index in [9.17, 15) is 13.2 Å². The van der Waals surface area contributed by atoms with Gasteiger partial charge in [0.05, 0.1) is 11.3 Å². The average Bonchev–Trinajstić information content (AvgIpc) is 2.80. The lowest BCUT2D eigenvalue weighted by Gasteiger charge is -2.13. The molecule has 0 saturated carbocycles. The van der Waals surface area contributed by atoms with E-state index in [-0.39, 0.29) is 17.2 Å². The molecule has 34 heavy (non-hydrogen) atoms. The number of nitrogens with one attached hydrogen (secondary N) is 2. The Bertz CT molecular complexity index is 1290. The molecule has 1 heterocycles. The van der Waals surface area contributed by atoms with Gasteiger partial charge in [-0.2, -0.15) is 8.42 Å². The molecule has 0 atom stereocenters. The van der Waals surface area contributed by atoms with E-state index < -0.39 is 10.0 Å². The number of carbonyl (C=O) groups is 1. The van der Waals surface area contributed by atoms with Crippen LogP contribution in [-0.2, 0) is 21.2 Å². The molecule has 0 saturated heterocycles. The summed E-state index contributed by atoms with van der Waals surface area (Å²) >= 11 is 6.14. The summed E-state index contributed by atoms with van der Waals surface area (Å²) in [6, 6.07) is 11.6. The molecule has 0 aliphatic heterocycles. The van der Waals surface area contributed by atoms with Crippen LogP contribution in [0.4, 0.5) is 11.6 Å². The number of hydrogen-bond donors (Lipinski definition) is 2. The molecule has 178 valence electrons. The Kier molecular flexibility index (Phi) is 8.19. The molecule has 0 aliphatic carbocycles. The summed E-state index contributed by atoms with van der Waals surface area (Å²) in [5, 5.41) is 6.21. The van der Waals surface area contributed by atoms with Gasteiger partial charge in [-0.05, 0) is 30.7 Å². The molecule has 0 aliphatic rings. The molecule has 2 aromatic carbocycles. The van der Waals surface area contributed by atoms with Crippen molar-refractivity contribution >= 4 is 45.5 Å². The smallest absolute Gasteiger partial charge is 0.284 e. The first-order valence-electron chi connectivity index (χ1n) is 10.4. The number of aromatic nitrogens is 2. The number of benzene rings is 2. The highest BCUT2D eigenvalue weighted by atomic mass is 35.5. The van der Waals surface area contributed by atoms with Gasteiger partial charge >= 0.3 is 0 Å². The van der Waals surface area contributed by atoms with E-state index in [1.807, 2.05) is 6.92 Å². The first-order valence-corrected chi connectivity index (χ1v) is 12.2. The number of carbonyl (C=O) groups excluding carboxylic acids is 1. The average molecular weight is 501 g/mol. The summed E-state index contributed by atoms with van der Waals surface area (Å²) in [7, 11) is -0.764. The summed E-state index contributed by atoms with van der Waals surface area (Å²) in [6.07, 6.45) is 4.31. The minimum Gasteiger partial charge on any atom is -0.368 e. The highest BCUT2D eigenvalue weighted by Gasteiger charge is 2.21. The van der Waals surface area contributed by atoms with Crippen LogP contribution in [0.3, 0.4) is 0 Å². The standard InChI is InChI=1S/C23H25ClN6O3S/c1-4-25-23-26-13-17(14-27-23)19-10-9-18(12-21(19)34(32,33)28-15-30(2)3)29-22(31)11-16-7-5-6-8-20(16)24/h5-10,12-15H,4,11H2,1-3H3,(H,29,31)(H,25,26,27). The third kappa shape index (κ3) is 6.52. The number of nitrogens with zero attached hydrogens (tertiary/aromatic N) is 4. The van der Waals surface area contributed by atoms with E-state index in [0.29, 0.717) is 39.9 Å². The Morgan fingerprint density at radius 2 is 1.85 bits per heavy atom. The van der Waals surface area contributed by atoms with Crippen molar-refractivity contribution in [1.29, 1.82) is 0 Å². The largest absolute Gasteiger partial charge is 0.368 e. The summed E-state index contributed by atoms with van der Waals surface area (Å²) in [6.45, 7) is 2.57. The van der Waals surface area contributed by atoms with Gasteiger partial charge in [-0.1, -0.05) is 35.9 Å². The van der Waals surface area contributed by atoms with Crippen molar-refractivity contribution in [2.24, 2.45) is 4.40 Å². The minimum atomic E-state index is -4.09. The van der Waals surface area contributed by atoms with E-state index in [0.717, 1.165) is 0 Å². The lowest BCUT2D eigenvalue weighted by atomic mass is 10.1. The first kappa shape index (κ1) is 25.1. The molecule has 0 unspecified atom stereocenters. The number of anilines is 2. The second-order valence-corrected chi connectivity index (χ2v) is 9.52. The van der Waals surface area contributed by atoms with Crippen LogP contribution in [0.25, 0.3) is 11.1 Å². The summed E-state index contributed by atoms with van der Waals surface area (Å²) < 4.78 is 29.9. The highest BCUT2D eigenvalue weighted by molar-refractivity contribution is 7.90. The molecule has 2 N–H and O–H groups in total. The zero-order valence-corrected chi connectivity index (χ0v) is 20.6. The van der Waals surface area contributed by atoms with Gasteiger partial charge in [-0.3, -0.25) is 4.79 Å². The lowest BCUT2D eigenvalue weighted by molar-refractivity contribution is -0.115. The summed E-state index contributed by atoms with van der Waals surface area (Å²) in [5.74, 6) is 0.101. The molecular weight excluding hydrogens is 476 g/mol. The number of rotatable bonds is 9. The first-order chi connectivity index (χ1) is 16.2. The van der Waals surface area contributed by atoms with Gasteiger partial charge in [0.15, 0.2) is 0 Å². The van der Waals surface area contributed by atoms with Crippen LogP contribution in [-0.4, -0.2) is 56.2 Å². The molecule has 0 spiro atoms. The van der Waals surface area contributed by atoms with Crippen LogP contribution in [0, 0.1) is 0 Å². The number of hydrogen-bond acceptors (Lipinski definition) is 6. The van der Waals surface area contributed by atoms with Crippen LogP contribution in [0.1, 0.15) is 12.5 Å². The Hall–Kier alpha value is -3.50. The van der Waals surface area contributed by atoms with E-state index in [4.69, 9.17) is 11.6 Å². The van der Waals surface area contributed by atoms with Crippen molar-refractivity contribution in [3.63, 3.8) is 0 Å². The fourth-order valence-electron chi connectivity index (χ4n) is 3.00. The van der Waals surface area contributed by atoms with Crippen molar-refractivity contribution < 1.29 is 13.2 Å². The molecule has 3 rings (SSSR count). The van der Waals surface area contributed by atoms with Crippen LogP contribution < -0.4 is 10.6 Å². The van der Waals surface area contributed by atoms with Crippen molar-refractivity contribution in [3.05, 3.63) is 65.4 Å². The minimum absolute atomic E-state index is 0.0437. The van der Waals surface area contributed by atoms with Crippen LogP contribution >= 0.6 is 11.6 Å². The molecule has 0 radical (unpaired) electrons. The Morgan fingerprint density at radius 3 is 2.50 bits per heavy atom. The quantitative estimate of drug-likeness (QED) is 0.340. The lowest BCUT2D eigenvalue weighted by Crippen LogP contribution is -2.15. The number of halogens is 1. The monoisotopic (exact) mass is 500 g/mol. The van der Waals surface area contributed by atoms with Gasteiger partial charge in [-0.25, -0.2) is 9.97 Å². The fourth-order valence-corrected chi connectivity index (χ4v) is 4.37. The zero-order valence-electron chi connectivity index (χ0n) is 19.0. The van der Waals surface area contributed by atoms with E-state index in [1.54, 1.807) is 50.5 Å². The summed E-state index contributed by atoms with van der Waals surface area (Å²) in [4.78, 5) is 22.5. The van der Waals surface area contributed by atoms with Crippen molar-refractivity contribution in [1.82, 2.24) is 14.9 Å². The number of sulfonamides is 1. The van der Waals surface area contributed by atoms with Crippen LogP contribution in [0.15, 0.2) is 64.2 Å². The molecule has 9 nitrogen and oxygen atoms in total. The maximum atomic E-state index is 13.1. The van der Waals surface area contributed by atoms with Crippen molar-refractivity contribution in [3.8, 4) is 11.1 Å². The van der Waals surface area contributed by atoms with E-state index >= 15 is 0 Å². The van der Waals surface area contributed by atoms with Gasteiger partial charge in [0.1, 0.15) is 6.34 Å². The third-order valence-electron chi connectivity index (χ3n) is 4.57. The maximum absolute atomic E-state index is 13.1. The van der Waals surface area contributed by atoms with Gasteiger partial charge in [-0.15, -0.1) is 4.40 Å². The van der Waals surface area contributed by atoms with Crippen molar-refractivity contribution in [2.75, 3.05) is 31.3 Å². The van der Waals surface area contributed by atoms with Gasteiger partial charge in [0.25, 0.3) is 10.0 Å². The maximum Gasteiger partial charge on any atom is 0.284 e. The molecular formula is C23H25ClN6O3S. The Balaban J connectivity index is 1.97.